The fraction of sp³-hybridized carbons (Fsp3) is 0.167. The minimum absolute atomic E-state index is 0.458. The molecule has 0 fully saturated rings. The lowest BCUT2D eigenvalue weighted by Crippen LogP contribution is -2.37. The smallest absolute Gasteiger partial charge is 0.325 e. The molecular formula is C12H12ClNO3. The SMILES string of the molecule is CC(NC(=O)/C=C/c1cccc(Cl)c1)C(=O)O. The molecule has 5 heteroatoms. The first-order chi connectivity index (χ1) is 7.99. The predicted octanol–water partition coefficient (Wildman–Crippen LogP) is 1.94. The Kier molecular flexibility index (Phi) is 4.72. The Hall–Kier alpha value is -1.81. The number of carbonyl (C=O) groups excluding carboxylic acids is 1. The molecule has 1 amide bonds. The number of carboxylic acid groups (broad SMARTS) is 1. The summed E-state index contributed by atoms with van der Waals surface area (Å²) in [5.41, 5.74) is 0.774. The van der Waals surface area contributed by atoms with Gasteiger partial charge in [-0.15, -0.1) is 0 Å². The summed E-state index contributed by atoms with van der Waals surface area (Å²) in [6.07, 6.45) is 2.83. The van der Waals surface area contributed by atoms with Crippen molar-refractivity contribution in [2.45, 2.75) is 13.0 Å². The van der Waals surface area contributed by atoms with Crippen molar-refractivity contribution in [2.24, 2.45) is 0 Å². The maximum atomic E-state index is 11.3. The van der Waals surface area contributed by atoms with Crippen LogP contribution in [-0.4, -0.2) is 23.0 Å². The third kappa shape index (κ3) is 4.70. The third-order valence-electron chi connectivity index (χ3n) is 2.01. The maximum Gasteiger partial charge on any atom is 0.325 e. The normalized spacial score (nSPS) is 12.4. The van der Waals surface area contributed by atoms with Crippen LogP contribution in [0.3, 0.4) is 0 Å². The quantitative estimate of drug-likeness (QED) is 0.806. The van der Waals surface area contributed by atoms with Crippen molar-refractivity contribution in [3.63, 3.8) is 0 Å². The lowest BCUT2D eigenvalue weighted by atomic mass is 10.2. The van der Waals surface area contributed by atoms with E-state index in [0.717, 1.165) is 5.56 Å². The summed E-state index contributed by atoms with van der Waals surface area (Å²) in [7, 11) is 0. The van der Waals surface area contributed by atoms with Crippen LogP contribution in [0.4, 0.5) is 0 Å². The van der Waals surface area contributed by atoms with Gasteiger partial charge in [0.2, 0.25) is 5.91 Å². The van der Waals surface area contributed by atoms with E-state index in [0.29, 0.717) is 5.02 Å². The molecule has 4 nitrogen and oxygen atoms in total. The number of amides is 1. The molecule has 0 aliphatic heterocycles. The first-order valence-corrected chi connectivity index (χ1v) is 5.34. The molecule has 0 spiro atoms. The standard InChI is InChI=1S/C12H12ClNO3/c1-8(12(16)17)14-11(15)6-5-9-3-2-4-10(13)7-9/h2-8H,1H3,(H,14,15)(H,16,17)/b6-5+. The van der Waals surface area contributed by atoms with Gasteiger partial charge in [-0.1, -0.05) is 23.7 Å². The van der Waals surface area contributed by atoms with Crippen molar-refractivity contribution >= 4 is 29.6 Å². The van der Waals surface area contributed by atoms with Gasteiger partial charge < -0.3 is 10.4 Å². The van der Waals surface area contributed by atoms with Crippen LogP contribution >= 0.6 is 11.6 Å². The number of aliphatic carboxylic acids is 1. The average molecular weight is 254 g/mol. The average Bonchev–Trinajstić information content (AvgIpc) is 2.26. The molecule has 0 aliphatic rings. The van der Waals surface area contributed by atoms with Crippen LogP contribution in [0, 0.1) is 0 Å². The summed E-state index contributed by atoms with van der Waals surface area (Å²) < 4.78 is 0. The van der Waals surface area contributed by atoms with Crippen LogP contribution in [0.15, 0.2) is 30.3 Å². The second-order valence-corrected chi connectivity index (χ2v) is 3.89. The number of hydrogen-bond donors (Lipinski definition) is 2. The minimum Gasteiger partial charge on any atom is -0.480 e. The highest BCUT2D eigenvalue weighted by Gasteiger charge is 2.11. The van der Waals surface area contributed by atoms with Gasteiger partial charge in [-0.25, -0.2) is 0 Å². The highest BCUT2D eigenvalue weighted by molar-refractivity contribution is 6.30. The van der Waals surface area contributed by atoms with E-state index < -0.39 is 17.9 Å². The van der Waals surface area contributed by atoms with Crippen molar-refractivity contribution in [3.05, 3.63) is 40.9 Å². The van der Waals surface area contributed by atoms with Crippen LogP contribution in [0.2, 0.25) is 5.02 Å². The summed E-state index contributed by atoms with van der Waals surface area (Å²) >= 11 is 5.77. The van der Waals surface area contributed by atoms with Gasteiger partial charge in [0.1, 0.15) is 6.04 Å². The lowest BCUT2D eigenvalue weighted by molar-refractivity contribution is -0.140. The number of rotatable bonds is 4. The maximum absolute atomic E-state index is 11.3. The number of benzene rings is 1. The van der Waals surface area contributed by atoms with E-state index in [4.69, 9.17) is 16.7 Å². The lowest BCUT2D eigenvalue weighted by Gasteiger charge is -2.05. The van der Waals surface area contributed by atoms with E-state index >= 15 is 0 Å². The highest BCUT2D eigenvalue weighted by Crippen LogP contribution is 2.11. The monoisotopic (exact) mass is 253 g/mol. The van der Waals surface area contributed by atoms with Gasteiger partial charge in [-0.3, -0.25) is 9.59 Å². The van der Waals surface area contributed by atoms with E-state index in [1.165, 1.54) is 13.0 Å². The molecule has 1 aromatic carbocycles. The van der Waals surface area contributed by atoms with Gasteiger partial charge in [0, 0.05) is 11.1 Å². The van der Waals surface area contributed by atoms with Gasteiger partial charge >= 0.3 is 5.97 Å². The molecule has 1 atom stereocenters. The van der Waals surface area contributed by atoms with Crippen LogP contribution < -0.4 is 5.32 Å². The number of nitrogens with one attached hydrogen (secondary N) is 1. The molecule has 2 N–H and O–H groups in total. The van der Waals surface area contributed by atoms with Gasteiger partial charge in [0.25, 0.3) is 0 Å². The molecule has 17 heavy (non-hydrogen) atoms. The highest BCUT2D eigenvalue weighted by atomic mass is 35.5. The third-order valence-corrected chi connectivity index (χ3v) is 2.24. The molecular weight excluding hydrogens is 242 g/mol. The second kappa shape index (κ2) is 6.06. The zero-order valence-electron chi connectivity index (χ0n) is 9.18. The van der Waals surface area contributed by atoms with Gasteiger partial charge in [-0.05, 0) is 30.7 Å². The molecule has 0 bridgehead atoms. The largest absolute Gasteiger partial charge is 0.480 e. The fourth-order valence-electron chi connectivity index (χ4n) is 1.11. The second-order valence-electron chi connectivity index (χ2n) is 3.46. The van der Waals surface area contributed by atoms with Crippen LogP contribution in [-0.2, 0) is 9.59 Å². The van der Waals surface area contributed by atoms with E-state index in [-0.39, 0.29) is 0 Å². The number of hydrogen-bond acceptors (Lipinski definition) is 2. The Morgan fingerprint density at radius 2 is 2.18 bits per heavy atom. The summed E-state index contributed by atoms with van der Waals surface area (Å²) in [5, 5.41) is 11.5. The molecule has 1 aromatic rings. The Bertz CT molecular complexity index is 457. The van der Waals surface area contributed by atoms with Crippen molar-refractivity contribution in [1.82, 2.24) is 5.32 Å². The van der Waals surface area contributed by atoms with Gasteiger partial charge in [-0.2, -0.15) is 0 Å². The summed E-state index contributed by atoms with van der Waals surface area (Å²) in [5.74, 6) is -1.53. The van der Waals surface area contributed by atoms with Crippen molar-refractivity contribution in [3.8, 4) is 0 Å². The zero-order chi connectivity index (χ0) is 12.8. The topological polar surface area (TPSA) is 66.4 Å². The van der Waals surface area contributed by atoms with E-state index in [2.05, 4.69) is 5.32 Å². The molecule has 1 unspecified atom stereocenters. The number of carbonyl (C=O) groups is 2. The molecule has 90 valence electrons. The van der Waals surface area contributed by atoms with Crippen molar-refractivity contribution in [2.75, 3.05) is 0 Å². The fourth-order valence-corrected chi connectivity index (χ4v) is 1.30. The molecule has 0 aromatic heterocycles. The van der Waals surface area contributed by atoms with Crippen molar-refractivity contribution in [1.29, 1.82) is 0 Å². The first-order valence-electron chi connectivity index (χ1n) is 4.96. The Labute approximate surface area is 104 Å². The van der Waals surface area contributed by atoms with Crippen LogP contribution in [0.5, 0.6) is 0 Å². The Balaban J connectivity index is 2.59. The first kappa shape index (κ1) is 13.3. The number of halogens is 1. The predicted molar refractivity (Wildman–Crippen MR) is 65.7 cm³/mol. The van der Waals surface area contributed by atoms with E-state index in [9.17, 15) is 9.59 Å². The van der Waals surface area contributed by atoms with Crippen LogP contribution in [0.1, 0.15) is 12.5 Å². The molecule has 0 heterocycles. The summed E-state index contributed by atoms with van der Waals surface area (Å²) in [6.45, 7) is 1.40. The molecule has 0 radical (unpaired) electrons. The molecule has 0 saturated heterocycles. The minimum atomic E-state index is -1.07. The Morgan fingerprint density at radius 1 is 1.47 bits per heavy atom. The van der Waals surface area contributed by atoms with E-state index in [1.807, 2.05) is 0 Å². The zero-order valence-corrected chi connectivity index (χ0v) is 9.94. The number of carboxylic acids is 1. The molecule has 0 aliphatic carbocycles. The Morgan fingerprint density at radius 3 is 2.76 bits per heavy atom. The van der Waals surface area contributed by atoms with Gasteiger partial charge in [0.15, 0.2) is 0 Å². The van der Waals surface area contributed by atoms with Gasteiger partial charge in [0.05, 0.1) is 0 Å². The van der Waals surface area contributed by atoms with Crippen molar-refractivity contribution < 1.29 is 14.7 Å². The molecule has 0 saturated carbocycles. The summed E-state index contributed by atoms with van der Waals surface area (Å²) in [6, 6.07) is 6.07. The van der Waals surface area contributed by atoms with E-state index in [1.54, 1.807) is 30.3 Å². The summed E-state index contributed by atoms with van der Waals surface area (Å²) in [4.78, 5) is 21.8. The molecule has 1 rings (SSSR count). The van der Waals surface area contributed by atoms with Crippen LogP contribution in [0.25, 0.3) is 6.08 Å².